The first kappa shape index (κ1) is 13.2. The highest BCUT2D eigenvalue weighted by molar-refractivity contribution is 5.08. The first-order valence-electron chi connectivity index (χ1n) is 8.04. The zero-order valence-electron chi connectivity index (χ0n) is 12.3. The van der Waals surface area contributed by atoms with E-state index in [-0.39, 0.29) is 0 Å². The number of fused-ring (bicyclic) bond motifs is 2. The number of likely N-dealkylation sites (N-methyl/N-ethyl adjacent to an activating group) is 1. The molecule has 3 rings (SSSR count). The number of rotatable bonds is 6. The second-order valence-corrected chi connectivity index (χ2v) is 6.41. The summed E-state index contributed by atoms with van der Waals surface area (Å²) < 4.78 is 2.04. The van der Waals surface area contributed by atoms with E-state index < -0.39 is 0 Å². The molecule has 4 unspecified atom stereocenters. The van der Waals surface area contributed by atoms with Crippen molar-refractivity contribution in [2.24, 2.45) is 17.8 Å². The van der Waals surface area contributed by atoms with Gasteiger partial charge in [0.05, 0.1) is 6.20 Å². The minimum absolute atomic E-state index is 0.662. The molecular formula is C16H27N3. The molecule has 2 aliphatic rings. The topological polar surface area (TPSA) is 29.9 Å². The molecule has 19 heavy (non-hydrogen) atoms. The molecule has 2 saturated carbocycles. The average Bonchev–Trinajstić information content (AvgIpc) is 3.14. The minimum Gasteiger partial charge on any atom is -0.314 e. The summed E-state index contributed by atoms with van der Waals surface area (Å²) in [5.41, 5.74) is 1.40. The fraction of sp³-hybridized carbons (Fsp3) is 0.812. The van der Waals surface area contributed by atoms with Crippen LogP contribution in [-0.2, 0) is 13.0 Å². The largest absolute Gasteiger partial charge is 0.314 e. The molecule has 4 atom stereocenters. The second-order valence-electron chi connectivity index (χ2n) is 6.41. The number of nitrogens with one attached hydrogen (secondary N) is 1. The SMILES string of the molecule is CCNC(Cc1cnn(CC)c1)C1CC2CCC1C2. The van der Waals surface area contributed by atoms with Gasteiger partial charge in [-0.2, -0.15) is 5.10 Å². The van der Waals surface area contributed by atoms with Gasteiger partial charge in [0, 0.05) is 18.8 Å². The van der Waals surface area contributed by atoms with Crippen LogP contribution in [0.1, 0.15) is 45.1 Å². The van der Waals surface area contributed by atoms with Gasteiger partial charge in [-0.1, -0.05) is 13.3 Å². The molecule has 2 fully saturated rings. The highest BCUT2D eigenvalue weighted by atomic mass is 15.3. The lowest BCUT2D eigenvalue weighted by molar-refractivity contribution is 0.249. The zero-order chi connectivity index (χ0) is 13.2. The maximum Gasteiger partial charge on any atom is 0.0522 e. The Morgan fingerprint density at radius 3 is 2.84 bits per heavy atom. The molecule has 0 spiro atoms. The van der Waals surface area contributed by atoms with Crippen molar-refractivity contribution in [3.05, 3.63) is 18.0 Å². The van der Waals surface area contributed by atoms with Crippen molar-refractivity contribution in [2.45, 2.75) is 58.5 Å². The third-order valence-electron chi connectivity index (χ3n) is 5.24. The highest BCUT2D eigenvalue weighted by Gasteiger charge is 2.42. The van der Waals surface area contributed by atoms with E-state index in [0.29, 0.717) is 6.04 Å². The Morgan fingerprint density at radius 1 is 1.37 bits per heavy atom. The predicted octanol–water partition coefficient (Wildman–Crippen LogP) is 2.86. The van der Waals surface area contributed by atoms with Crippen molar-refractivity contribution < 1.29 is 0 Å². The van der Waals surface area contributed by atoms with E-state index in [0.717, 1.165) is 37.3 Å². The summed E-state index contributed by atoms with van der Waals surface area (Å²) in [6, 6.07) is 0.662. The van der Waals surface area contributed by atoms with Gasteiger partial charge in [-0.05, 0) is 62.5 Å². The van der Waals surface area contributed by atoms with Crippen molar-refractivity contribution in [3.8, 4) is 0 Å². The Balaban J connectivity index is 1.67. The number of aromatic nitrogens is 2. The van der Waals surface area contributed by atoms with E-state index >= 15 is 0 Å². The molecule has 0 amide bonds. The van der Waals surface area contributed by atoms with Crippen molar-refractivity contribution in [1.82, 2.24) is 15.1 Å². The monoisotopic (exact) mass is 261 g/mol. The molecule has 106 valence electrons. The van der Waals surface area contributed by atoms with E-state index in [1.807, 2.05) is 4.68 Å². The van der Waals surface area contributed by atoms with Crippen molar-refractivity contribution in [2.75, 3.05) is 6.54 Å². The molecule has 0 radical (unpaired) electrons. The van der Waals surface area contributed by atoms with E-state index in [4.69, 9.17) is 0 Å². The highest BCUT2D eigenvalue weighted by Crippen LogP contribution is 2.49. The van der Waals surface area contributed by atoms with Crippen molar-refractivity contribution in [1.29, 1.82) is 0 Å². The molecule has 1 heterocycles. The summed E-state index contributed by atoms with van der Waals surface area (Å²) >= 11 is 0. The summed E-state index contributed by atoms with van der Waals surface area (Å²) in [5, 5.41) is 8.16. The van der Waals surface area contributed by atoms with Gasteiger partial charge in [-0.3, -0.25) is 4.68 Å². The average molecular weight is 261 g/mol. The van der Waals surface area contributed by atoms with Crippen LogP contribution in [0.5, 0.6) is 0 Å². The van der Waals surface area contributed by atoms with Gasteiger partial charge in [-0.15, -0.1) is 0 Å². The van der Waals surface area contributed by atoms with Gasteiger partial charge in [0.1, 0.15) is 0 Å². The molecule has 0 aliphatic heterocycles. The fourth-order valence-corrected chi connectivity index (χ4v) is 4.36. The molecule has 0 saturated heterocycles. The number of aryl methyl sites for hydroxylation is 1. The van der Waals surface area contributed by atoms with Gasteiger partial charge in [0.25, 0.3) is 0 Å². The van der Waals surface area contributed by atoms with Gasteiger partial charge in [0.15, 0.2) is 0 Å². The molecule has 3 nitrogen and oxygen atoms in total. The van der Waals surface area contributed by atoms with E-state index in [1.165, 1.54) is 31.2 Å². The van der Waals surface area contributed by atoms with Crippen LogP contribution in [0.4, 0.5) is 0 Å². The smallest absolute Gasteiger partial charge is 0.0522 e. The lowest BCUT2D eigenvalue weighted by Gasteiger charge is -2.31. The minimum atomic E-state index is 0.662. The predicted molar refractivity (Wildman–Crippen MR) is 78.0 cm³/mol. The van der Waals surface area contributed by atoms with E-state index in [2.05, 4.69) is 36.7 Å². The lowest BCUT2D eigenvalue weighted by Crippen LogP contribution is -2.40. The Labute approximate surface area is 116 Å². The van der Waals surface area contributed by atoms with Crippen LogP contribution in [-0.4, -0.2) is 22.4 Å². The van der Waals surface area contributed by atoms with Crippen LogP contribution in [0.15, 0.2) is 12.4 Å². The fourth-order valence-electron chi connectivity index (χ4n) is 4.36. The summed E-state index contributed by atoms with van der Waals surface area (Å²) in [4.78, 5) is 0. The van der Waals surface area contributed by atoms with Gasteiger partial charge in [-0.25, -0.2) is 0 Å². The number of hydrogen-bond acceptors (Lipinski definition) is 2. The molecule has 2 aliphatic carbocycles. The quantitative estimate of drug-likeness (QED) is 0.853. The van der Waals surface area contributed by atoms with E-state index in [9.17, 15) is 0 Å². The Hall–Kier alpha value is -0.830. The molecular weight excluding hydrogens is 234 g/mol. The Bertz CT molecular complexity index is 412. The van der Waals surface area contributed by atoms with Crippen LogP contribution < -0.4 is 5.32 Å². The summed E-state index contributed by atoms with van der Waals surface area (Å²) in [5.74, 6) is 2.94. The van der Waals surface area contributed by atoms with Crippen LogP contribution in [0.3, 0.4) is 0 Å². The molecule has 1 aromatic rings. The van der Waals surface area contributed by atoms with E-state index in [1.54, 1.807) is 0 Å². The first-order valence-corrected chi connectivity index (χ1v) is 8.04. The molecule has 3 heteroatoms. The second kappa shape index (κ2) is 5.66. The molecule has 2 bridgehead atoms. The Kier molecular flexibility index (Phi) is 3.92. The third kappa shape index (κ3) is 2.71. The maximum atomic E-state index is 4.41. The first-order chi connectivity index (χ1) is 9.30. The lowest BCUT2D eigenvalue weighted by atomic mass is 9.81. The third-order valence-corrected chi connectivity index (χ3v) is 5.24. The van der Waals surface area contributed by atoms with Crippen LogP contribution >= 0.6 is 0 Å². The van der Waals surface area contributed by atoms with Gasteiger partial charge in [0.2, 0.25) is 0 Å². The van der Waals surface area contributed by atoms with Crippen molar-refractivity contribution in [3.63, 3.8) is 0 Å². The van der Waals surface area contributed by atoms with Gasteiger partial charge < -0.3 is 5.32 Å². The van der Waals surface area contributed by atoms with Crippen LogP contribution in [0.25, 0.3) is 0 Å². The summed E-state index contributed by atoms with van der Waals surface area (Å²) in [6.07, 6.45) is 11.4. The molecule has 0 aromatic carbocycles. The van der Waals surface area contributed by atoms with Crippen LogP contribution in [0.2, 0.25) is 0 Å². The molecule has 1 aromatic heterocycles. The number of nitrogens with zero attached hydrogens (tertiary/aromatic N) is 2. The Morgan fingerprint density at radius 2 is 2.26 bits per heavy atom. The number of hydrogen-bond donors (Lipinski definition) is 1. The zero-order valence-corrected chi connectivity index (χ0v) is 12.3. The normalized spacial score (nSPS) is 30.9. The standard InChI is InChI=1S/C16H27N3/c1-3-17-16(9-13-10-18-19(4-2)11-13)15-8-12-5-6-14(15)7-12/h10-12,14-17H,3-9H2,1-2H3. The van der Waals surface area contributed by atoms with Crippen LogP contribution in [0, 0.1) is 17.8 Å². The van der Waals surface area contributed by atoms with Crippen molar-refractivity contribution >= 4 is 0 Å². The summed E-state index contributed by atoms with van der Waals surface area (Å²) in [7, 11) is 0. The van der Waals surface area contributed by atoms with Gasteiger partial charge >= 0.3 is 0 Å². The maximum absolute atomic E-state index is 4.41. The molecule has 1 N–H and O–H groups in total. The summed E-state index contributed by atoms with van der Waals surface area (Å²) in [6.45, 7) is 6.44.